The first-order valence-corrected chi connectivity index (χ1v) is 9.96. The van der Waals surface area contributed by atoms with Crippen LogP contribution >= 0.6 is 46.4 Å². The van der Waals surface area contributed by atoms with Gasteiger partial charge in [0.25, 0.3) is 11.8 Å². The summed E-state index contributed by atoms with van der Waals surface area (Å²) in [6.07, 6.45) is 2.67. The maximum Gasteiger partial charge on any atom is 0.273 e. The fraction of sp³-hybridized carbons (Fsp3) is 0.105. The Hall–Kier alpha value is -2.29. The fourth-order valence-corrected chi connectivity index (χ4v) is 3.23. The molecule has 11 heteroatoms. The predicted octanol–water partition coefficient (Wildman–Crippen LogP) is 4.75. The van der Waals surface area contributed by atoms with Gasteiger partial charge < -0.3 is 10.6 Å². The fourth-order valence-electron chi connectivity index (χ4n) is 2.37. The van der Waals surface area contributed by atoms with Crippen LogP contribution in [0.25, 0.3) is 0 Å². The number of nitrogens with zero attached hydrogens (tertiary/aromatic N) is 2. The smallest absolute Gasteiger partial charge is 0.273 e. The molecule has 0 aliphatic carbocycles. The number of hydrogen-bond donors (Lipinski definition) is 3. The molecule has 1 heterocycles. The maximum atomic E-state index is 13.0. The van der Waals surface area contributed by atoms with Gasteiger partial charge in [-0.3, -0.25) is 14.6 Å². The number of nitrogens with one attached hydrogen (secondary N) is 2. The Balaban J connectivity index is 2.48. The normalized spacial score (nSPS) is 11.1. The first-order chi connectivity index (χ1) is 14.1. The second-order valence-electron chi connectivity index (χ2n) is 5.78. The van der Waals surface area contributed by atoms with Crippen molar-refractivity contribution in [1.29, 1.82) is 0 Å². The summed E-state index contributed by atoms with van der Waals surface area (Å²) in [6, 6.07) is 5.93. The molecule has 0 radical (unpaired) electrons. The van der Waals surface area contributed by atoms with Crippen LogP contribution in [0, 0.1) is 0 Å². The molecule has 0 saturated heterocycles. The molecule has 0 aliphatic rings. The average Bonchev–Trinajstić information content (AvgIpc) is 2.67. The summed E-state index contributed by atoms with van der Waals surface area (Å²) in [5, 5.41) is 6.65. The third kappa shape index (κ3) is 5.87. The minimum Gasteiger partial charge on any atom is -0.352 e. The van der Waals surface area contributed by atoms with Crippen molar-refractivity contribution in [2.45, 2.75) is 6.92 Å². The molecule has 2 amide bonds. The van der Waals surface area contributed by atoms with E-state index in [4.69, 9.17) is 52.2 Å². The molecule has 30 heavy (non-hydrogen) atoms. The lowest BCUT2D eigenvalue weighted by Crippen LogP contribution is -2.37. The Morgan fingerprint density at radius 3 is 2.57 bits per heavy atom. The monoisotopic (exact) mass is 487 g/mol. The lowest BCUT2D eigenvalue weighted by Gasteiger charge is -2.22. The Kier molecular flexibility index (Phi) is 8.52. The third-order valence-corrected chi connectivity index (χ3v) is 4.55. The van der Waals surface area contributed by atoms with Crippen molar-refractivity contribution in [3.63, 3.8) is 0 Å². The number of carbonyl (C=O) groups excluding carboxylic acids is 2. The van der Waals surface area contributed by atoms with Gasteiger partial charge in [-0.2, -0.15) is 0 Å². The van der Waals surface area contributed by atoms with Gasteiger partial charge in [0, 0.05) is 22.8 Å². The van der Waals surface area contributed by atoms with Crippen molar-refractivity contribution >= 4 is 69.7 Å². The largest absolute Gasteiger partial charge is 0.352 e. The number of anilines is 2. The minimum absolute atomic E-state index is 0.0220. The number of halogens is 4. The highest BCUT2D eigenvalue weighted by Gasteiger charge is 2.23. The molecule has 0 atom stereocenters. The number of benzene rings is 1. The van der Waals surface area contributed by atoms with E-state index in [1.165, 1.54) is 24.4 Å². The van der Waals surface area contributed by atoms with E-state index in [0.29, 0.717) is 6.54 Å². The van der Waals surface area contributed by atoms with Crippen molar-refractivity contribution < 1.29 is 9.59 Å². The van der Waals surface area contributed by atoms with Crippen LogP contribution < -0.4 is 21.5 Å². The Morgan fingerprint density at radius 2 is 1.97 bits per heavy atom. The highest BCUT2D eigenvalue weighted by molar-refractivity contribution is 6.38. The standard InChI is InChI=1S/C19H17Cl4N5O2/c1-3-25-18(29)12-8-11(21)9-14(23)16(12)27-19(30)15(7-10(2)20)28(24)17-13(22)5-4-6-26-17/h4-9H,2-3,24H2,1H3,(H,25,29)(H,27,30)/b15-7-. The molecular weight excluding hydrogens is 472 g/mol. The molecule has 0 unspecified atom stereocenters. The van der Waals surface area contributed by atoms with Gasteiger partial charge >= 0.3 is 0 Å². The summed E-state index contributed by atoms with van der Waals surface area (Å²) >= 11 is 24.2. The molecule has 4 N–H and O–H groups in total. The number of hydrogen-bond acceptors (Lipinski definition) is 5. The zero-order chi connectivity index (χ0) is 22.4. The van der Waals surface area contributed by atoms with Crippen LogP contribution in [-0.4, -0.2) is 23.3 Å². The van der Waals surface area contributed by atoms with Crippen LogP contribution in [0.1, 0.15) is 17.3 Å². The van der Waals surface area contributed by atoms with Crippen molar-refractivity contribution in [3.05, 3.63) is 74.5 Å². The summed E-state index contributed by atoms with van der Waals surface area (Å²) in [5.41, 5.74) is -0.0294. The number of rotatable bonds is 7. The second kappa shape index (κ2) is 10.7. The Labute approximate surface area is 193 Å². The Morgan fingerprint density at radius 1 is 1.27 bits per heavy atom. The van der Waals surface area contributed by atoms with E-state index >= 15 is 0 Å². The summed E-state index contributed by atoms with van der Waals surface area (Å²) < 4.78 is 0. The van der Waals surface area contributed by atoms with Crippen LogP contribution in [0.2, 0.25) is 15.1 Å². The topological polar surface area (TPSA) is 100 Å². The van der Waals surface area contributed by atoms with Gasteiger partial charge in [0.1, 0.15) is 5.70 Å². The van der Waals surface area contributed by atoms with E-state index in [0.717, 1.165) is 5.01 Å². The van der Waals surface area contributed by atoms with Crippen molar-refractivity contribution in [3.8, 4) is 0 Å². The first kappa shape index (κ1) is 24.0. The molecule has 0 aliphatic heterocycles. The molecule has 2 rings (SSSR count). The molecular formula is C19H17Cl4N5O2. The van der Waals surface area contributed by atoms with E-state index in [1.54, 1.807) is 19.1 Å². The minimum atomic E-state index is -0.740. The van der Waals surface area contributed by atoms with Crippen molar-refractivity contribution in [2.24, 2.45) is 5.84 Å². The zero-order valence-electron chi connectivity index (χ0n) is 15.7. The molecule has 158 valence electrons. The second-order valence-corrected chi connectivity index (χ2v) is 7.52. The number of allylic oxidation sites excluding steroid dienone is 2. The van der Waals surface area contributed by atoms with Crippen LogP contribution in [0.3, 0.4) is 0 Å². The number of amides is 2. The van der Waals surface area contributed by atoms with Crippen LogP contribution in [0.15, 0.2) is 53.8 Å². The summed E-state index contributed by atoms with van der Waals surface area (Å²) in [7, 11) is 0. The molecule has 0 spiro atoms. The van der Waals surface area contributed by atoms with Crippen molar-refractivity contribution in [2.75, 3.05) is 16.9 Å². The van der Waals surface area contributed by atoms with Gasteiger partial charge in [-0.1, -0.05) is 53.0 Å². The molecule has 7 nitrogen and oxygen atoms in total. The molecule has 0 bridgehead atoms. The van der Waals surface area contributed by atoms with E-state index < -0.39 is 11.8 Å². The van der Waals surface area contributed by atoms with Crippen LogP contribution in [0.5, 0.6) is 0 Å². The van der Waals surface area contributed by atoms with Crippen LogP contribution in [0.4, 0.5) is 11.5 Å². The van der Waals surface area contributed by atoms with E-state index in [9.17, 15) is 9.59 Å². The third-order valence-electron chi connectivity index (χ3n) is 3.63. The predicted molar refractivity (Wildman–Crippen MR) is 122 cm³/mol. The highest BCUT2D eigenvalue weighted by atomic mass is 35.5. The van der Waals surface area contributed by atoms with Crippen molar-refractivity contribution in [1.82, 2.24) is 10.3 Å². The number of pyridine rings is 1. The molecule has 2 aromatic rings. The van der Waals surface area contributed by atoms with E-state index in [-0.39, 0.29) is 42.9 Å². The van der Waals surface area contributed by atoms with Gasteiger partial charge in [0.15, 0.2) is 5.82 Å². The lowest BCUT2D eigenvalue weighted by molar-refractivity contribution is -0.112. The Bertz CT molecular complexity index is 1030. The number of carbonyl (C=O) groups is 2. The van der Waals surface area contributed by atoms with Gasteiger partial charge in [-0.15, -0.1) is 0 Å². The van der Waals surface area contributed by atoms with Gasteiger partial charge in [0.2, 0.25) is 0 Å². The quantitative estimate of drug-likeness (QED) is 0.226. The van der Waals surface area contributed by atoms with E-state index in [2.05, 4.69) is 22.2 Å². The van der Waals surface area contributed by atoms with Gasteiger partial charge in [0.05, 0.1) is 21.3 Å². The van der Waals surface area contributed by atoms with Gasteiger partial charge in [-0.25, -0.2) is 10.8 Å². The zero-order valence-corrected chi connectivity index (χ0v) is 18.7. The summed E-state index contributed by atoms with van der Waals surface area (Å²) in [6.45, 7) is 5.66. The lowest BCUT2D eigenvalue weighted by atomic mass is 10.1. The first-order valence-electron chi connectivity index (χ1n) is 8.45. The number of aromatic nitrogens is 1. The highest BCUT2D eigenvalue weighted by Crippen LogP contribution is 2.31. The molecule has 1 aromatic heterocycles. The van der Waals surface area contributed by atoms with E-state index in [1.807, 2.05) is 0 Å². The van der Waals surface area contributed by atoms with Gasteiger partial charge in [-0.05, 0) is 37.3 Å². The average molecular weight is 489 g/mol. The summed E-state index contributed by atoms with van der Waals surface area (Å²) in [5.74, 6) is 4.97. The molecule has 0 saturated carbocycles. The van der Waals surface area contributed by atoms with Crippen LogP contribution in [-0.2, 0) is 4.79 Å². The molecule has 0 fully saturated rings. The maximum absolute atomic E-state index is 13.0. The SMILES string of the molecule is C=C(Cl)/C=C(/C(=O)Nc1c(Cl)cc(Cl)cc1C(=O)NCC)N(N)c1ncccc1Cl. The summed E-state index contributed by atoms with van der Waals surface area (Å²) in [4.78, 5) is 29.5. The number of nitrogens with two attached hydrogens (primary N) is 1. The number of hydrazine groups is 1. The molecule has 1 aromatic carbocycles.